The van der Waals surface area contributed by atoms with Gasteiger partial charge in [0.25, 0.3) is 0 Å². The van der Waals surface area contributed by atoms with Gasteiger partial charge in [0.05, 0.1) is 10.0 Å². The van der Waals surface area contributed by atoms with Crippen LogP contribution in [0, 0.1) is 0 Å². The van der Waals surface area contributed by atoms with Crippen LogP contribution in [0.1, 0.15) is 38.2 Å². The molecule has 0 spiro atoms. The molecule has 0 N–H and O–H groups in total. The van der Waals surface area contributed by atoms with Crippen LogP contribution in [-0.4, -0.2) is 0 Å². The Bertz CT molecular complexity index is 342. The zero-order valence-electron chi connectivity index (χ0n) is 9.13. The van der Waals surface area contributed by atoms with Crippen LogP contribution >= 0.6 is 23.2 Å². The van der Waals surface area contributed by atoms with Crippen molar-refractivity contribution in [2.45, 2.75) is 32.6 Å². The van der Waals surface area contributed by atoms with Gasteiger partial charge in [-0.05, 0) is 30.4 Å². The fourth-order valence-corrected chi connectivity index (χ4v) is 1.99. The van der Waals surface area contributed by atoms with Gasteiger partial charge in [-0.15, -0.1) is 0 Å². The summed E-state index contributed by atoms with van der Waals surface area (Å²) in [5, 5.41) is 1.33. The van der Waals surface area contributed by atoms with Gasteiger partial charge in [0.2, 0.25) is 0 Å². The largest absolute Gasteiger partial charge is 0.0888 e. The molecule has 82 valence electrons. The molecule has 0 nitrogen and oxygen atoms in total. The Kier molecular flexibility index (Phi) is 5.21. The molecule has 0 aliphatic carbocycles. The average molecular weight is 243 g/mol. The molecule has 2 heteroatoms. The van der Waals surface area contributed by atoms with Crippen LogP contribution < -0.4 is 0 Å². The number of allylic oxidation sites excluding steroid dienone is 2. The lowest BCUT2D eigenvalue weighted by Crippen LogP contribution is -1.93. The summed E-state index contributed by atoms with van der Waals surface area (Å²) in [4.78, 5) is 0. The molecule has 0 amide bonds. The second kappa shape index (κ2) is 6.19. The summed E-state index contributed by atoms with van der Waals surface area (Å²) in [5.41, 5.74) is 1.13. The first-order valence-corrected chi connectivity index (χ1v) is 6.01. The van der Waals surface area contributed by atoms with Gasteiger partial charge in [-0.25, -0.2) is 0 Å². The van der Waals surface area contributed by atoms with Crippen molar-refractivity contribution < 1.29 is 0 Å². The van der Waals surface area contributed by atoms with Crippen molar-refractivity contribution >= 4 is 23.2 Å². The van der Waals surface area contributed by atoms with Gasteiger partial charge in [-0.3, -0.25) is 0 Å². The second-order valence-corrected chi connectivity index (χ2v) is 4.44. The minimum Gasteiger partial charge on any atom is -0.0888 e. The predicted octanol–water partition coefficient (Wildman–Crippen LogP) is 5.45. The van der Waals surface area contributed by atoms with Gasteiger partial charge in [0.1, 0.15) is 0 Å². The maximum absolute atomic E-state index is 6.14. The van der Waals surface area contributed by atoms with Crippen LogP contribution in [0.2, 0.25) is 10.0 Å². The first-order chi connectivity index (χ1) is 7.16. The second-order valence-electron chi connectivity index (χ2n) is 3.66. The molecule has 0 saturated heterocycles. The molecule has 15 heavy (non-hydrogen) atoms. The molecule has 1 aromatic carbocycles. The lowest BCUT2D eigenvalue weighted by Gasteiger charge is -2.12. The van der Waals surface area contributed by atoms with Crippen LogP contribution in [-0.2, 0) is 0 Å². The zero-order chi connectivity index (χ0) is 11.3. The Hall–Kier alpha value is -0.460. The minimum atomic E-state index is 0.416. The molecule has 0 aromatic heterocycles. The molecule has 0 fully saturated rings. The molecule has 0 aliphatic heterocycles. The number of benzene rings is 1. The number of hydrogen-bond donors (Lipinski definition) is 0. The summed E-state index contributed by atoms with van der Waals surface area (Å²) in [5.74, 6) is 0.416. The van der Waals surface area contributed by atoms with Crippen molar-refractivity contribution in [2.24, 2.45) is 0 Å². The van der Waals surface area contributed by atoms with E-state index < -0.39 is 0 Å². The van der Waals surface area contributed by atoms with Gasteiger partial charge in [0, 0.05) is 0 Å². The van der Waals surface area contributed by atoms with E-state index >= 15 is 0 Å². The summed E-state index contributed by atoms with van der Waals surface area (Å²) >= 11 is 12.1. The molecule has 1 unspecified atom stereocenters. The van der Waals surface area contributed by atoms with E-state index in [0.717, 1.165) is 18.4 Å². The summed E-state index contributed by atoms with van der Waals surface area (Å²) in [7, 11) is 0. The third kappa shape index (κ3) is 3.55. The van der Waals surface area contributed by atoms with E-state index in [1.54, 1.807) is 0 Å². The maximum Gasteiger partial charge on any atom is 0.0627 e. The number of rotatable bonds is 4. The Morgan fingerprint density at radius 2 is 2.00 bits per heavy atom. The molecule has 0 bridgehead atoms. The highest BCUT2D eigenvalue weighted by Gasteiger charge is 2.10. The normalized spacial score (nSPS) is 13.3. The Morgan fingerprint density at radius 3 is 2.67 bits per heavy atom. The molecule has 0 aliphatic rings. The summed E-state index contributed by atoms with van der Waals surface area (Å²) < 4.78 is 0. The monoisotopic (exact) mass is 242 g/mol. The van der Waals surface area contributed by atoms with Crippen molar-refractivity contribution in [1.29, 1.82) is 0 Å². The fraction of sp³-hybridized carbons (Fsp3) is 0.385. The van der Waals surface area contributed by atoms with Crippen molar-refractivity contribution in [3.05, 3.63) is 46.0 Å². The first-order valence-electron chi connectivity index (χ1n) is 5.25. The molecule has 0 saturated carbocycles. The molecular formula is C13H16Cl2. The quantitative estimate of drug-likeness (QED) is 0.616. The van der Waals surface area contributed by atoms with Gasteiger partial charge in [-0.2, -0.15) is 0 Å². The van der Waals surface area contributed by atoms with Gasteiger partial charge < -0.3 is 0 Å². The van der Waals surface area contributed by atoms with Gasteiger partial charge in [0.15, 0.2) is 0 Å². The average Bonchev–Trinajstić information content (AvgIpc) is 2.22. The van der Waals surface area contributed by atoms with Crippen LogP contribution in [0.4, 0.5) is 0 Å². The highest BCUT2D eigenvalue weighted by atomic mass is 35.5. The molecule has 0 heterocycles. The van der Waals surface area contributed by atoms with E-state index in [0.29, 0.717) is 16.0 Å². The van der Waals surface area contributed by atoms with Crippen LogP contribution in [0.25, 0.3) is 0 Å². The first kappa shape index (κ1) is 12.6. The molecular weight excluding hydrogens is 227 g/mol. The molecule has 1 aromatic rings. The van der Waals surface area contributed by atoms with Crippen molar-refractivity contribution in [1.82, 2.24) is 0 Å². The lowest BCUT2D eigenvalue weighted by molar-refractivity contribution is 0.779. The summed E-state index contributed by atoms with van der Waals surface area (Å²) in [6, 6.07) is 5.81. The van der Waals surface area contributed by atoms with Gasteiger partial charge >= 0.3 is 0 Å². The topological polar surface area (TPSA) is 0 Å². The van der Waals surface area contributed by atoms with Crippen molar-refractivity contribution in [3.8, 4) is 0 Å². The number of halogens is 2. The fourth-order valence-electron chi connectivity index (χ4n) is 1.50. The smallest absolute Gasteiger partial charge is 0.0627 e. The Morgan fingerprint density at radius 1 is 1.27 bits per heavy atom. The minimum absolute atomic E-state index is 0.416. The number of hydrogen-bond acceptors (Lipinski definition) is 0. The Balaban J connectivity index is 2.77. The van der Waals surface area contributed by atoms with Crippen LogP contribution in [0.15, 0.2) is 30.4 Å². The van der Waals surface area contributed by atoms with Crippen molar-refractivity contribution in [2.75, 3.05) is 0 Å². The van der Waals surface area contributed by atoms with Crippen molar-refractivity contribution in [3.63, 3.8) is 0 Å². The van der Waals surface area contributed by atoms with Crippen LogP contribution in [0.5, 0.6) is 0 Å². The van der Waals surface area contributed by atoms with Gasteiger partial charge in [-0.1, -0.05) is 61.3 Å². The van der Waals surface area contributed by atoms with Crippen LogP contribution in [0.3, 0.4) is 0 Å². The maximum atomic E-state index is 6.14. The van der Waals surface area contributed by atoms with E-state index in [2.05, 4.69) is 26.0 Å². The summed E-state index contributed by atoms with van der Waals surface area (Å²) in [6.45, 7) is 4.30. The standard InChI is InChI=1S/C13H16Cl2/c1-3-4-5-7-10(2)11-8-6-9-12(14)13(11)15/h4-6,8-10H,3,7H2,1-2H3/b5-4-. The lowest BCUT2D eigenvalue weighted by atomic mass is 9.97. The van der Waals surface area contributed by atoms with E-state index in [-0.39, 0.29) is 0 Å². The third-order valence-corrected chi connectivity index (χ3v) is 3.24. The molecule has 1 rings (SSSR count). The molecule has 1 atom stereocenters. The van der Waals surface area contributed by atoms with E-state index in [9.17, 15) is 0 Å². The Labute approximate surface area is 102 Å². The zero-order valence-corrected chi connectivity index (χ0v) is 10.6. The molecule has 0 radical (unpaired) electrons. The van der Waals surface area contributed by atoms with E-state index in [4.69, 9.17) is 23.2 Å². The highest BCUT2D eigenvalue weighted by molar-refractivity contribution is 6.42. The van der Waals surface area contributed by atoms with E-state index in [1.165, 1.54) is 0 Å². The highest BCUT2D eigenvalue weighted by Crippen LogP contribution is 2.32. The SMILES string of the molecule is CC/C=C\CC(C)c1cccc(Cl)c1Cl. The van der Waals surface area contributed by atoms with E-state index in [1.807, 2.05) is 18.2 Å². The third-order valence-electron chi connectivity index (χ3n) is 2.40. The predicted molar refractivity (Wildman–Crippen MR) is 68.9 cm³/mol. The summed E-state index contributed by atoms with van der Waals surface area (Å²) in [6.07, 6.45) is 6.46.